The monoisotopic (exact) mass is 569 g/mol. The Morgan fingerprint density at radius 1 is 1.14 bits per heavy atom. The van der Waals surface area contributed by atoms with Crippen molar-refractivity contribution >= 4 is 53.0 Å². The van der Waals surface area contributed by atoms with E-state index in [1.54, 1.807) is 24.3 Å². The van der Waals surface area contributed by atoms with Gasteiger partial charge in [-0.3, -0.25) is 4.72 Å². The Morgan fingerprint density at radius 3 is 2.26 bits per heavy atom. The lowest BCUT2D eigenvalue weighted by Crippen LogP contribution is -2.34. The van der Waals surface area contributed by atoms with Crippen LogP contribution in [-0.2, 0) is 30.1 Å². The molecule has 1 unspecified atom stereocenters. The van der Waals surface area contributed by atoms with Crippen LogP contribution in [0.5, 0.6) is 0 Å². The molecule has 7 N–H and O–H groups in total. The molecule has 0 aliphatic carbocycles. The van der Waals surface area contributed by atoms with E-state index in [1.807, 2.05) is 13.8 Å². The summed E-state index contributed by atoms with van der Waals surface area (Å²) in [5, 5.41) is 20.6. The van der Waals surface area contributed by atoms with Crippen LogP contribution in [0.1, 0.15) is 25.5 Å². The summed E-state index contributed by atoms with van der Waals surface area (Å²) in [7, 11) is -11.1. The van der Waals surface area contributed by atoms with Crippen LogP contribution in [0.2, 0.25) is 5.02 Å². The SMILES string of the molecule is CC(C)NCC(O)c1ccc(NS(C)(=O)=O)cc1.NS(=O)(=O)c1cc2c(cc1Cl)NCNS2(=O)=O. The number of anilines is 2. The first-order valence-electron chi connectivity index (χ1n) is 10.1. The summed E-state index contributed by atoms with van der Waals surface area (Å²) in [6.45, 7) is 4.49. The largest absolute Gasteiger partial charge is 0.387 e. The molecule has 0 bridgehead atoms. The van der Waals surface area contributed by atoms with Gasteiger partial charge in [0.1, 0.15) is 9.79 Å². The van der Waals surface area contributed by atoms with Crippen molar-refractivity contribution in [2.24, 2.45) is 5.14 Å². The Hall–Kier alpha value is -1.98. The van der Waals surface area contributed by atoms with Crippen molar-refractivity contribution in [3.05, 3.63) is 47.0 Å². The molecule has 3 rings (SSSR count). The van der Waals surface area contributed by atoms with E-state index in [0.29, 0.717) is 18.3 Å². The average Bonchev–Trinajstić information content (AvgIpc) is 2.70. The van der Waals surface area contributed by atoms with E-state index in [9.17, 15) is 30.4 Å². The van der Waals surface area contributed by atoms with Crippen molar-refractivity contribution in [1.82, 2.24) is 10.0 Å². The molecule has 2 aromatic carbocycles. The molecular formula is C19H28ClN5O7S3. The van der Waals surface area contributed by atoms with Gasteiger partial charge in [-0.2, -0.15) is 4.72 Å². The molecule has 12 nitrogen and oxygen atoms in total. The van der Waals surface area contributed by atoms with Gasteiger partial charge in [-0.05, 0) is 29.8 Å². The molecule has 16 heteroatoms. The normalized spacial score (nSPS) is 15.9. The number of aliphatic hydroxyl groups is 1. The molecule has 0 radical (unpaired) electrons. The number of hydrogen-bond acceptors (Lipinski definition) is 9. The molecule has 1 atom stereocenters. The van der Waals surface area contributed by atoms with Crippen molar-refractivity contribution in [3.8, 4) is 0 Å². The molecule has 0 saturated heterocycles. The van der Waals surface area contributed by atoms with Crippen molar-refractivity contribution in [2.75, 3.05) is 29.5 Å². The number of nitrogens with one attached hydrogen (secondary N) is 4. The number of hydrogen-bond donors (Lipinski definition) is 6. The first-order valence-corrected chi connectivity index (χ1v) is 15.4. The van der Waals surface area contributed by atoms with E-state index in [0.717, 1.165) is 17.9 Å². The van der Waals surface area contributed by atoms with Gasteiger partial charge in [-0.25, -0.2) is 30.4 Å². The Labute approximate surface area is 210 Å². The molecule has 0 aromatic heterocycles. The first kappa shape index (κ1) is 29.3. The molecule has 35 heavy (non-hydrogen) atoms. The topological polar surface area (TPSA) is 197 Å². The predicted octanol–water partition coefficient (Wildman–Crippen LogP) is 0.738. The second-order valence-corrected chi connectivity index (χ2v) is 13.3. The van der Waals surface area contributed by atoms with Crippen LogP contribution in [-0.4, -0.2) is 55.9 Å². The Kier molecular flexibility index (Phi) is 9.52. The van der Waals surface area contributed by atoms with Crippen LogP contribution in [0.3, 0.4) is 0 Å². The van der Waals surface area contributed by atoms with Crippen molar-refractivity contribution in [1.29, 1.82) is 0 Å². The second-order valence-electron chi connectivity index (χ2n) is 7.90. The van der Waals surface area contributed by atoms with Crippen LogP contribution in [0.25, 0.3) is 0 Å². The van der Waals surface area contributed by atoms with Gasteiger partial charge in [0.2, 0.25) is 30.1 Å². The van der Waals surface area contributed by atoms with Gasteiger partial charge in [0, 0.05) is 18.3 Å². The zero-order valence-electron chi connectivity index (χ0n) is 19.1. The molecule has 0 amide bonds. The molecule has 196 valence electrons. The molecule has 0 saturated carbocycles. The molecule has 0 spiro atoms. The van der Waals surface area contributed by atoms with Gasteiger partial charge in [0.05, 0.1) is 29.7 Å². The summed E-state index contributed by atoms with van der Waals surface area (Å²) in [4.78, 5) is -0.621. The fraction of sp³-hybridized carbons (Fsp3) is 0.368. The summed E-state index contributed by atoms with van der Waals surface area (Å²) in [5.41, 5.74) is 1.48. The third kappa shape index (κ3) is 8.88. The summed E-state index contributed by atoms with van der Waals surface area (Å²) in [6, 6.07) is 9.15. The van der Waals surface area contributed by atoms with E-state index < -0.39 is 41.1 Å². The number of fused-ring (bicyclic) bond motifs is 1. The fourth-order valence-corrected chi connectivity index (χ4v) is 5.72. The molecule has 2 aromatic rings. The molecule has 0 fully saturated rings. The van der Waals surface area contributed by atoms with Crippen LogP contribution in [0, 0.1) is 0 Å². The summed E-state index contributed by atoms with van der Waals surface area (Å²) < 4.78 is 72.3. The maximum atomic E-state index is 11.6. The Balaban J connectivity index is 0.000000247. The Morgan fingerprint density at radius 2 is 1.74 bits per heavy atom. The van der Waals surface area contributed by atoms with Crippen molar-refractivity contribution in [3.63, 3.8) is 0 Å². The van der Waals surface area contributed by atoms with Gasteiger partial charge in [0.15, 0.2) is 0 Å². The van der Waals surface area contributed by atoms with Gasteiger partial charge >= 0.3 is 0 Å². The van der Waals surface area contributed by atoms with Crippen molar-refractivity contribution < 1.29 is 30.4 Å². The summed E-state index contributed by atoms with van der Waals surface area (Å²) >= 11 is 5.72. The minimum absolute atomic E-state index is 0.0143. The highest BCUT2D eigenvalue weighted by atomic mass is 35.5. The van der Waals surface area contributed by atoms with Gasteiger partial charge in [0.25, 0.3) is 0 Å². The third-order valence-corrected chi connectivity index (χ3v) is 7.91. The molecule has 1 aliphatic rings. The zero-order chi connectivity index (χ0) is 26.6. The lowest BCUT2D eigenvalue weighted by molar-refractivity contribution is 0.171. The zero-order valence-corrected chi connectivity index (χ0v) is 22.3. The third-order valence-electron chi connectivity index (χ3n) is 4.49. The van der Waals surface area contributed by atoms with Gasteiger partial charge < -0.3 is 15.7 Å². The second kappa shape index (κ2) is 11.4. The first-order chi connectivity index (χ1) is 16.0. The van der Waals surface area contributed by atoms with E-state index in [4.69, 9.17) is 16.7 Å². The molecule has 1 heterocycles. The van der Waals surface area contributed by atoms with Crippen LogP contribution >= 0.6 is 11.6 Å². The maximum absolute atomic E-state index is 11.6. The highest BCUT2D eigenvalue weighted by Crippen LogP contribution is 2.32. The minimum Gasteiger partial charge on any atom is -0.387 e. The lowest BCUT2D eigenvalue weighted by atomic mass is 10.1. The van der Waals surface area contributed by atoms with E-state index in [2.05, 4.69) is 20.1 Å². The summed E-state index contributed by atoms with van der Waals surface area (Å²) in [6.07, 6.45) is 0.502. The quantitative estimate of drug-likeness (QED) is 0.278. The van der Waals surface area contributed by atoms with Gasteiger partial charge in [-0.15, -0.1) is 0 Å². The van der Waals surface area contributed by atoms with Crippen LogP contribution in [0.4, 0.5) is 11.4 Å². The fourth-order valence-electron chi connectivity index (χ4n) is 2.87. The number of benzene rings is 2. The lowest BCUT2D eigenvalue weighted by Gasteiger charge is -2.20. The average molecular weight is 570 g/mol. The van der Waals surface area contributed by atoms with E-state index >= 15 is 0 Å². The maximum Gasteiger partial charge on any atom is 0.244 e. The number of aliphatic hydroxyl groups excluding tert-OH is 1. The van der Waals surface area contributed by atoms with Crippen molar-refractivity contribution in [2.45, 2.75) is 35.8 Å². The number of sulfonamides is 3. The molecular weight excluding hydrogens is 542 g/mol. The summed E-state index contributed by atoms with van der Waals surface area (Å²) in [5.74, 6) is 0. The highest BCUT2D eigenvalue weighted by molar-refractivity contribution is 7.92. The Bertz CT molecular complexity index is 1360. The highest BCUT2D eigenvalue weighted by Gasteiger charge is 2.27. The number of halogens is 1. The number of primary sulfonamides is 1. The smallest absolute Gasteiger partial charge is 0.244 e. The van der Waals surface area contributed by atoms with E-state index in [1.165, 1.54) is 6.07 Å². The standard InChI is InChI=1S/C12H20N2O3S.C7H8ClN3O4S2/c1-9(2)13-8-12(15)10-4-6-11(7-5-10)14-18(3,16)17;8-4-1-5-7(2-6(4)16(9,12)13)17(14,15)11-3-10-5/h4-7,9,12-15H,8H2,1-3H3;1-2,10-11H,3H2,(H2,9,12,13). The van der Waals surface area contributed by atoms with Crippen LogP contribution in [0.15, 0.2) is 46.2 Å². The number of nitrogens with two attached hydrogens (primary N) is 1. The number of rotatable bonds is 7. The predicted molar refractivity (Wildman–Crippen MR) is 135 cm³/mol. The van der Waals surface area contributed by atoms with Crippen LogP contribution < -0.4 is 25.2 Å². The molecule has 1 aliphatic heterocycles. The minimum atomic E-state index is -4.07. The van der Waals surface area contributed by atoms with Gasteiger partial charge in [-0.1, -0.05) is 37.6 Å². The van der Waals surface area contributed by atoms with E-state index in [-0.39, 0.29) is 22.3 Å².